The number of carbonyl (C=O) groups excluding carboxylic acids is 2. The van der Waals surface area contributed by atoms with E-state index in [9.17, 15) is 9.59 Å². The van der Waals surface area contributed by atoms with E-state index in [1.807, 2.05) is 6.92 Å². The second-order valence-corrected chi connectivity index (χ2v) is 4.30. The van der Waals surface area contributed by atoms with Crippen molar-refractivity contribution in [2.24, 2.45) is 0 Å². The van der Waals surface area contributed by atoms with Crippen molar-refractivity contribution in [2.75, 3.05) is 19.7 Å². The first-order chi connectivity index (χ1) is 7.50. The molecule has 1 aliphatic rings. The maximum atomic E-state index is 11.8. The number of hydrogen-bond donors (Lipinski definition) is 4. The van der Waals surface area contributed by atoms with Crippen LogP contribution < -0.4 is 16.0 Å². The average molecular weight is 229 g/mol. The van der Waals surface area contributed by atoms with Gasteiger partial charge in [0.1, 0.15) is 6.04 Å². The number of amides is 2. The average Bonchev–Trinajstić information content (AvgIpc) is 2.29. The van der Waals surface area contributed by atoms with Gasteiger partial charge < -0.3 is 15.7 Å². The van der Waals surface area contributed by atoms with Crippen molar-refractivity contribution < 1.29 is 14.7 Å². The standard InChI is InChI=1S/C10H19N3O3/c1-3-10(2,6-14)13-9(16)7-4-12-8(15)5-11-7/h7,11,14H,3-6H2,1-2H3,(H,12,15)(H,13,16). The number of nitrogens with one attached hydrogen (secondary N) is 3. The Morgan fingerprint density at radius 1 is 1.69 bits per heavy atom. The number of rotatable bonds is 4. The topological polar surface area (TPSA) is 90.5 Å². The second-order valence-electron chi connectivity index (χ2n) is 4.30. The van der Waals surface area contributed by atoms with Crippen LogP contribution in [0, 0.1) is 0 Å². The summed E-state index contributed by atoms with van der Waals surface area (Å²) >= 11 is 0. The molecule has 0 saturated carbocycles. The van der Waals surface area contributed by atoms with Gasteiger partial charge in [-0.15, -0.1) is 0 Å². The van der Waals surface area contributed by atoms with Gasteiger partial charge in [0.2, 0.25) is 11.8 Å². The predicted molar refractivity (Wildman–Crippen MR) is 58.7 cm³/mol. The molecule has 0 bridgehead atoms. The maximum Gasteiger partial charge on any atom is 0.239 e. The summed E-state index contributed by atoms with van der Waals surface area (Å²) in [5.74, 6) is -0.303. The van der Waals surface area contributed by atoms with E-state index in [1.165, 1.54) is 0 Å². The van der Waals surface area contributed by atoms with Gasteiger partial charge in [0.05, 0.1) is 18.7 Å². The van der Waals surface area contributed by atoms with Crippen LogP contribution in [0.3, 0.4) is 0 Å². The molecule has 4 N–H and O–H groups in total. The zero-order chi connectivity index (χ0) is 12.2. The summed E-state index contributed by atoms with van der Waals surface area (Å²) in [6.45, 7) is 4.02. The van der Waals surface area contributed by atoms with Crippen LogP contribution in [0.4, 0.5) is 0 Å². The van der Waals surface area contributed by atoms with Gasteiger partial charge in [-0.25, -0.2) is 0 Å². The predicted octanol–water partition coefficient (Wildman–Crippen LogP) is -1.65. The maximum absolute atomic E-state index is 11.8. The minimum Gasteiger partial charge on any atom is -0.394 e. The third-order valence-corrected chi connectivity index (χ3v) is 2.88. The Balaban J connectivity index is 2.49. The summed E-state index contributed by atoms with van der Waals surface area (Å²) in [6.07, 6.45) is 0.647. The summed E-state index contributed by atoms with van der Waals surface area (Å²) < 4.78 is 0. The molecule has 1 rings (SSSR count). The Morgan fingerprint density at radius 2 is 2.38 bits per heavy atom. The van der Waals surface area contributed by atoms with E-state index in [0.29, 0.717) is 6.42 Å². The van der Waals surface area contributed by atoms with Gasteiger partial charge in [0.25, 0.3) is 0 Å². The molecule has 0 aromatic carbocycles. The molecule has 2 unspecified atom stereocenters. The van der Waals surface area contributed by atoms with E-state index in [0.717, 1.165) is 0 Å². The van der Waals surface area contributed by atoms with Gasteiger partial charge in [-0.3, -0.25) is 14.9 Å². The van der Waals surface area contributed by atoms with Gasteiger partial charge in [-0.1, -0.05) is 6.92 Å². The van der Waals surface area contributed by atoms with Crippen molar-refractivity contribution in [3.63, 3.8) is 0 Å². The molecular formula is C10H19N3O3. The molecule has 0 aromatic rings. The molecule has 1 aliphatic heterocycles. The van der Waals surface area contributed by atoms with Crippen molar-refractivity contribution in [3.8, 4) is 0 Å². The van der Waals surface area contributed by atoms with Gasteiger partial charge in [-0.2, -0.15) is 0 Å². The Bertz CT molecular complexity index is 266. The quantitative estimate of drug-likeness (QED) is 0.465. The molecule has 6 heteroatoms. The van der Waals surface area contributed by atoms with Crippen molar-refractivity contribution in [3.05, 3.63) is 0 Å². The van der Waals surface area contributed by atoms with Gasteiger partial charge >= 0.3 is 0 Å². The lowest BCUT2D eigenvalue weighted by atomic mass is 9.99. The molecule has 1 heterocycles. The van der Waals surface area contributed by atoms with Crippen LogP contribution >= 0.6 is 0 Å². The molecule has 1 fully saturated rings. The monoisotopic (exact) mass is 229 g/mol. The summed E-state index contributed by atoms with van der Waals surface area (Å²) in [6, 6.07) is -0.421. The van der Waals surface area contributed by atoms with E-state index in [-0.39, 0.29) is 31.5 Å². The molecule has 92 valence electrons. The van der Waals surface area contributed by atoms with Crippen molar-refractivity contribution in [2.45, 2.75) is 31.8 Å². The number of piperazine rings is 1. The highest BCUT2D eigenvalue weighted by molar-refractivity contribution is 5.87. The summed E-state index contributed by atoms with van der Waals surface area (Å²) in [4.78, 5) is 22.7. The van der Waals surface area contributed by atoms with Gasteiger partial charge in [-0.05, 0) is 13.3 Å². The summed E-state index contributed by atoms with van der Waals surface area (Å²) in [5.41, 5.74) is -0.597. The Morgan fingerprint density at radius 3 is 2.81 bits per heavy atom. The highest BCUT2D eigenvalue weighted by Gasteiger charge is 2.29. The largest absolute Gasteiger partial charge is 0.394 e. The molecule has 2 amide bonds. The van der Waals surface area contributed by atoms with E-state index < -0.39 is 11.6 Å². The molecule has 6 nitrogen and oxygen atoms in total. The fraction of sp³-hybridized carbons (Fsp3) is 0.800. The first kappa shape index (κ1) is 12.9. The highest BCUT2D eigenvalue weighted by Crippen LogP contribution is 2.08. The molecule has 2 atom stereocenters. The van der Waals surface area contributed by atoms with E-state index in [4.69, 9.17) is 5.11 Å². The van der Waals surface area contributed by atoms with E-state index in [1.54, 1.807) is 6.92 Å². The third-order valence-electron chi connectivity index (χ3n) is 2.88. The van der Waals surface area contributed by atoms with Crippen LogP contribution in [-0.4, -0.2) is 48.2 Å². The number of carbonyl (C=O) groups is 2. The minimum absolute atomic E-state index is 0.103. The third kappa shape index (κ3) is 3.18. The molecule has 0 spiro atoms. The lowest BCUT2D eigenvalue weighted by Crippen LogP contribution is -2.61. The fourth-order valence-electron chi connectivity index (χ4n) is 1.38. The van der Waals surface area contributed by atoms with Crippen LogP contribution in [-0.2, 0) is 9.59 Å². The molecule has 0 aromatic heterocycles. The molecular weight excluding hydrogens is 210 g/mol. The summed E-state index contributed by atoms with van der Waals surface area (Å²) in [5, 5.41) is 17.4. The smallest absolute Gasteiger partial charge is 0.239 e. The molecule has 0 radical (unpaired) electrons. The highest BCUT2D eigenvalue weighted by atomic mass is 16.3. The molecule has 1 saturated heterocycles. The van der Waals surface area contributed by atoms with Gasteiger partial charge in [0.15, 0.2) is 0 Å². The van der Waals surface area contributed by atoms with Crippen LogP contribution in [0.25, 0.3) is 0 Å². The normalized spacial score (nSPS) is 24.4. The fourth-order valence-corrected chi connectivity index (χ4v) is 1.38. The van der Waals surface area contributed by atoms with Crippen LogP contribution in [0.15, 0.2) is 0 Å². The number of aliphatic hydroxyl groups excluding tert-OH is 1. The van der Waals surface area contributed by atoms with Crippen LogP contribution in [0.1, 0.15) is 20.3 Å². The van der Waals surface area contributed by atoms with Crippen molar-refractivity contribution in [1.82, 2.24) is 16.0 Å². The lowest BCUT2D eigenvalue weighted by Gasteiger charge is -2.31. The Labute approximate surface area is 94.8 Å². The Kier molecular flexibility index (Phi) is 4.26. The SMILES string of the molecule is CCC(C)(CO)NC(=O)C1CNC(=O)CN1. The zero-order valence-electron chi connectivity index (χ0n) is 9.67. The van der Waals surface area contributed by atoms with Crippen molar-refractivity contribution >= 4 is 11.8 Å². The lowest BCUT2D eigenvalue weighted by molar-refractivity contribution is -0.128. The molecule has 16 heavy (non-hydrogen) atoms. The summed E-state index contributed by atoms with van der Waals surface area (Å²) in [7, 11) is 0. The van der Waals surface area contributed by atoms with Crippen LogP contribution in [0.5, 0.6) is 0 Å². The zero-order valence-corrected chi connectivity index (χ0v) is 9.67. The molecule has 0 aliphatic carbocycles. The number of hydrogen-bond acceptors (Lipinski definition) is 4. The first-order valence-corrected chi connectivity index (χ1v) is 5.43. The van der Waals surface area contributed by atoms with Gasteiger partial charge in [0, 0.05) is 6.54 Å². The first-order valence-electron chi connectivity index (χ1n) is 5.43. The Hall–Kier alpha value is -1.14. The minimum atomic E-state index is -0.597. The van der Waals surface area contributed by atoms with E-state index in [2.05, 4.69) is 16.0 Å². The van der Waals surface area contributed by atoms with Crippen LogP contribution in [0.2, 0.25) is 0 Å². The van der Waals surface area contributed by atoms with Crippen molar-refractivity contribution in [1.29, 1.82) is 0 Å². The number of aliphatic hydroxyl groups is 1. The van der Waals surface area contributed by atoms with E-state index >= 15 is 0 Å². The second kappa shape index (κ2) is 5.27.